The molecule has 0 fully saturated rings. The van der Waals surface area contributed by atoms with E-state index < -0.39 is 0 Å². The van der Waals surface area contributed by atoms with Gasteiger partial charge in [-0.1, -0.05) is 24.3 Å². The lowest BCUT2D eigenvalue weighted by atomic mass is 10.1. The van der Waals surface area contributed by atoms with Crippen LogP contribution < -0.4 is 15.4 Å². The molecule has 0 aliphatic heterocycles. The Balaban J connectivity index is 2.01. The number of rotatable bonds is 6. The van der Waals surface area contributed by atoms with E-state index in [0.29, 0.717) is 12.1 Å². The Morgan fingerprint density at radius 3 is 2.48 bits per heavy atom. The molecule has 2 aromatic carbocycles. The molecule has 4 heteroatoms. The second kappa shape index (κ2) is 7.33. The van der Waals surface area contributed by atoms with Crippen molar-refractivity contribution >= 4 is 11.6 Å². The molecule has 0 saturated heterocycles. The van der Waals surface area contributed by atoms with Crippen molar-refractivity contribution in [3.63, 3.8) is 0 Å². The van der Waals surface area contributed by atoms with Crippen LogP contribution in [0.25, 0.3) is 0 Å². The Labute approximate surface area is 125 Å². The minimum Gasteiger partial charge on any atom is -0.497 e. The molecule has 0 aromatic heterocycles. The Kier molecular flexibility index (Phi) is 5.21. The van der Waals surface area contributed by atoms with Gasteiger partial charge in [-0.15, -0.1) is 0 Å². The number of methoxy groups -OCH3 is 1. The number of carbonyl (C=O) groups excluding carboxylic acids is 1. The van der Waals surface area contributed by atoms with Crippen LogP contribution in [0.2, 0.25) is 0 Å². The lowest BCUT2D eigenvalue weighted by molar-refractivity contribution is 0.0951. The van der Waals surface area contributed by atoms with E-state index in [1.807, 2.05) is 55.5 Å². The van der Waals surface area contributed by atoms with Gasteiger partial charge in [-0.3, -0.25) is 4.79 Å². The lowest BCUT2D eigenvalue weighted by Crippen LogP contribution is -2.23. The number of anilines is 1. The molecule has 0 bridgehead atoms. The first kappa shape index (κ1) is 14.9. The van der Waals surface area contributed by atoms with Crippen molar-refractivity contribution in [3.8, 4) is 5.75 Å². The Hall–Kier alpha value is -2.49. The van der Waals surface area contributed by atoms with Crippen LogP contribution in [0.1, 0.15) is 22.8 Å². The number of nitrogens with one attached hydrogen (secondary N) is 2. The lowest BCUT2D eigenvalue weighted by Gasteiger charge is -2.11. The first-order chi connectivity index (χ1) is 10.2. The van der Waals surface area contributed by atoms with Crippen molar-refractivity contribution in [2.24, 2.45) is 0 Å². The molecule has 0 aliphatic rings. The van der Waals surface area contributed by atoms with Crippen LogP contribution in [0.3, 0.4) is 0 Å². The highest BCUT2D eigenvalue weighted by atomic mass is 16.5. The number of benzene rings is 2. The molecule has 0 radical (unpaired) electrons. The summed E-state index contributed by atoms with van der Waals surface area (Å²) in [5.74, 6) is 0.727. The van der Waals surface area contributed by atoms with Crippen molar-refractivity contribution in [1.82, 2.24) is 5.32 Å². The molecule has 4 nitrogen and oxygen atoms in total. The van der Waals surface area contributed by atoms with Crippen LogP contribution in [-0.4, -0.2) is 19.6 Å². The van der Waals surface area contributed by atoms with Gasteiger partial charge < -0.3 is 15.4 Å². The third-order valence-corrected chi connectivity index (χ3v) is 3.15. The number of hydrogen-bond donors (Lipinski definition) is 2. The standard InChI is InChI=1S/C17H20N2O2/c1-3-18-16-7-5-4-6-15(16)17(20)19-12-13-8-10-14(21-2)11-9-13/h4-11,18H,3,12H2,1-2H3,(H,19,20). The number of hydrogen-bond acceptors (Lipinski definition) is 3. The summed E-state index contributed by atoms with van der Waals surface area (Å²) in [6.45, 7) is 3.28. The molecule has 0 heterocycles. The van der Waals surface area contributed by atoms with Gasteiger partial charge in [-0.25, -0.2) is 0 Å². The molecule has 0 spiro atoms. The SMILES string of the molecule is CCNc1ccccc1C(=O)NCc1ccc(OC)cc1. The fourth-order valence-corrected chi connectivity index (χ4v) is 2.05. The molecule has 0 unspecified atom stereocenters. The fourth-order valence-electron chi connectivity index (χ4n) is 2.05. The van der Waals surface area contributed by atoms with Gasteiger partial charge in [-0.05, 0) is 36.8 Å². The predicted molar refractivity (Wildman–Crippen MR) is 84.8 cm³/mol. The second-order valence-corrected chi connectivity index (χ2v) is 4.61. The van der Waals surface area contributed by atoms with E-state index in [1.54, 1.807) is 7.11 Å². The molecular formula is C17H20N2O2. The third kappa shape index (κ3) is 3.99. The van der Waals surface area contributed by atoms with E-state index in [9.17, 15) is 4.79 Å². The monoisotopic (exact) mass is 284 g/mol. The molecule has 21 heavy (non-hydrogen) atoms. The number of carbonyl (C=O) groups is 1. The highest BCUT2D eigenvalue weighted by molar-refractivity contribution is 5.99. The van der Waals surface area contributed by atoms with Gasteiger partial charge in [0, 0.05) is 18.8 Å². The molecular weight excluding hydrogens is 264 g/mol. The highest BCUT2D eigenvalue weighted by Crippen LogP contribution is 2.15. The van der Waals surface area contributed by atoms with Gasteiger partial charge in [0.05, 0.1) is 12.7 Å². The van der Waals surface area contributed by atoms with E-state index in [2.05, 4.69) is 10.6 Å². The van der Waals surface area contributed by atoms with Crippen molar-refractivity contribution in [2.75, 3.05) is 19.0 Å². The molecule has 2 rings (SSSR count). The summed E-state index contributed by atoms with van der Waals surface area (Å²) in [6.07, 6.45) is 0. The van der Waals surface area contributed by atoms with Crippen molar-refractivity contribution in [3.05, 3.63) is 59.7 Å². The predicted octanol–water partition coefficient (Wildman–Crippen LogP) is 3.06. The zero-order valence-electron chi connectivity index (χ0n) is 12.3. The Bertz CT molecular complexity index is 594. The average molecular weight is 284 g/mol. The van der Waals surface area contributed by atoms with Crippen LogP contribution in [0.5, 0.6) is 5.75 Å². The zero-order valence-corrected chi connectivity index (χ0v) is 12.3. The molecule has 2 N–H and O–H groups in total. The molecule has 2 aromatic rings. The van der Waals surface area contributed by atoms with Gasteiger partial charge in [0.15, 0.2) is 0 Å². The van der Waals surface area contributed by atoms with Gasteiger partial charge in [0.25, 0.3) is 5.91 Å². The molecule has 110 valence electrons. The minimum atomic E-state index is -0.0811. The average Bonchev–Trinajstić information content (AvgIpc) is 2.54. The minimum absolute atomic E-state index is 0.0811. The molecule has 0 aliphatic carbocycles. The summed E-state index contributed by atoms with van der Waals surface area (Å²) in [5.41, 5.74) is 2.55. The fraction of sp³-hybridized carbons (Fsp3) is 0.235. The van der Waals surface area contributed by atoms with E-state index in [0.717, 1.165) is 23.5 Å². The van der Waals surface area contributed by atoms with Crippen LogP contribution in [0, 0.1) is 0 Å². The molecule has 0 saturated carbocycles. The van der Waals surface area contributed by atoms with Crippen molar-refractivity contribution in [1.29, 1.82) is 0 Å². The second-order valence-electron chi connectivity index (χ2n) is 4.61. The van der Waals surface area contributed by atoms with Gasteiger partial charge in [-0.2, -0.15) is 0 Å². The number of amides is 1. The van der Waals surface area contributed by atoms with E-state index in [4.69, 9.17) is 4.74 Å². The Morgan fingerprint density at radius 1 is 1.10 bits per heavy atom. The van der Waals surface area contributed by atoms with E-state index in [-0.39, 0.29) is 5.91 Å². The summed E-state index contributed by atoms with van der Waals surface area (Å²) in [4.78, 5) is 12.3. The summed E-state index contributed by atoms with van der Waals surface area (Å²) in [7, 11) is 1.63. The third-order valence-electron chi connectivity index (χ3n) is 3.15. The van der Waals surface area contributed by atoms with E-state index in [1.165, 1.54) is 0 Å². The number of ether oxygens (including phenoxy) is 1. The first-order valence-electron chi connectivity index (χ1n) is 6.98. The zero-order chi connectivity index (χ0) is 15.1. The van der Waals surface area contributed by atoms with Gasteiger partial charge in [0.2, 0.25) is 0 Å². The highest BCUT2D eigenvalue weighted by Gasteiger charge is 2.09. The summed E-state index contributed by atoms with van der Waals surface area (Å²) >= 11 is 0. The maximum absolute atomic E-state index is 12.3. The van der Waals surface area contributed by atoms with Crippen LogP contribution in [0.4, 0.5) is 5.69 Å². The van der Waals surface area contributed by atoms with Crippen molar-refractivity contribution in [2.45, 2.75) is 13.5 Å². The maximum Gasteiger partial charge on any atom is 0.253 e. The quantitative estimate of drug-likeness (QED) is 0.857. The smallest absolute Gasteiger partial charge is 0.253 e. The summed E-state index contributed by atoms with van der Waals surface area (Å²) < 4.78 is 5.11. The van der Waals surface area contributed by atoms with Crippen LogP contribution in [-0.2, 0) is 6.54 Å². The molecule has 0 atom stereocenters. The van der Waals surface area contributed by atoms with Gasteiger partial charge in [0.1, 0.15) is 5.75 Å². The van der Waals surface area contributed by atoms with Crippen molar-refractivity contribution < 1.29 is 9.53 Å². The van der Waals surface area contributed by atoms with Gasteiger partial charge >= 0.3 is 0 Å². The molecule has 1 amide bonds. The normalized spacial score (nSPS) is 10.0. The first-order valence-corrected chi connectivity index (χ1v) is 6.98. The number of para-hydroxylation sites is 1. The van der Waals surface area contributed by atoms with E-state index >= 15 is 0 Å². The summed E-state index contributed by atoms with van der Waals surface area (Å²) in [5, 5.41) is 6.12. The largest absolute Gasteiger partial charge is 0.497 e. The van der Waals surface area contributed by atoms with Crippen LogP contribution >= 0.6 is 0 Å². The summed E-state index contributed by atoms with van der Waals surface area (Å²) in [6, 6.07) is 15.2. The van der Waals surface area contributed by atoms with Crippen LogP contribution in [0.15, 0.2) is 48.5 Å². The topological polar surface area (TPSA) is 50.4 Å². The Morgan fingerprint density at radius 2 is 1.81 bits per heavy atom. The maximum atomic E-state index is 12.3.